The number of rotatable bonds is 7. The molecule has 2 aromatic rings. The molecule has 1 heterocycles. The number of carbonyl (C=O) groups is 2. The molecule has 0 unspecified atom stereocenters. The van der Waals surface area contributed by atoms with Gasteiger partial charge in [0.25, 0.3) is 5.91 Å². The van der Waals surface area contributed by atoms with Gasteiger partial charge in [0.15, 0.2) is 23.2 Å². The summed E-state index contributed by atoms with van der Waals surface area (Å²) in [6.07, 6.45) is 1.22. The van der Waals surface area contributed by atoms with E-state index in [1.165, 1.54) is 29.8 Å². The summed E-state index contributed by atoms with van der Waals surface area (Å²) in [7, 11) is 0. The fourth-order valence-corrected chi connectivity index (χ4v) is 2.13. The molecule has 0 aliphatic carbocycles. The summed E-state index contributed by atoms with van der Waals surface area (Å²) in [5.41, 5.74) is 7.50. The Bertz CT molecular complexity index is 885. The van der Waals surface area contributed by atoms with Gasteiger partial charge < -0.3 is 25.9 Å². The number of oxime groups is 1. The predicted molar refractivity (Wildman–Crippen MR) is 99.4 cm³/mol. The lowest BCUT2D eigenvalue weighted by molar-refractivity contribution is -0.130. The zero-order chi connectivity index (χ0) is 19.1. The van der Waals surface area contributed by atoms with Gasteiger partial charge in [-0.15, -0.1) is 23.7 Å². The number of benzene rings is 1. The second-order valence-corrected chi connectivity index (χ2v) is 5.52. The van der Waals surface area contributed by atoms with Crippen LogP contribution in [0.1, 0.15) is 11.3 Å². The number of nitrogen functional groups attached to an aromatic ring is 1. The number of hydrogen-bond donors (Lipinski definition) is 5. The number of aromatic nitrogens is 1. The van der Waals surface area contributed by atoms with Crippen LogP contribution in [0.4, 0.5) is 5.13 Å². The number of nitrogens with one attached hydrogen (secondary N) is 1. The van der Waals surface area contributed by atoms with Crippen LogP contribution in [0.2, 0.25) is 0 Å². The van der Waals surface area contributed by atoms with Gasteiger partial charge >= 0.3 is 5.97 Å². The van der Waals surface area contributed by atoms with Crippen LogP contribution in [0, 0.1) is 0 Å². The van der Waals surface area contributed by atoms with E-state index >= 15 is 0 Å². The van der Waals surface area contributed by atoms with Crippen LogP contribution in [0.5, 0.6) is 11.5 Å². The van der Waals surface area contributed by atoms with Gasteiger partial charge in [-0.2, -0.15) is 5.10 Å². The summed E-state index contributed by atoms with van der Waals surface area (Å²) >= 11 is 1.04. The number of carboxylic acid groups (broad SMARTS) is 1. The molecule has 2 rings (SSSR count). The molecule has 13 heteroatoms. The van der Waals surface area contributed by atoms with Crippen molar-refractivity contribution in [1.82, 2.24) is 10.4 Å². The molecule has 0 spiro atoms. The van der Waals surface area contributed by atoms with Gasteiger partial charge in [-0.3, -0.25) is 4.79 Å². The fourth-order valence-electron chi connectivity index (χ4n) is 1.58. The number of nitrogens with zero attached hydrogens (tertiary/aromatic N) is 3. The third-order valence-corrected chi connectivity index (χ3v) is 3.39. The summed E-state index contributed by atoms with van der Waals surface area (Å²) in [4.78, 5) is 31.1. The monoisotopic (exact) mass is 415 g/mol. The lowest BCUT2D eigenvalue weighted by Gasteiger charge is -2.01. The number of carbonyl (C=O) groups excluding carboxylic acids is 1. The van der Waals surface area contributed by atoms with E-state index < -0.39 is 24.2 Å². The lowest BCUT2D eigenvalue weighted by Crippen LogP contribution is -2.23. The third kappa shape index (κ3) is 6.45. The van der Waals surface area contributed by atoms with Crippen molar-refractivity contribution in [1.29, 1.82) is 0 Å². The van der Waals surface area contributed by atoms with Crippen molar-refractivity contribution < 1.29 is 29.7 Å². The Kier molecular flexibility index (Phi) is 7.97. The van der Waals surface area contributed by atoms with Crippen LogP contribution in [0.25, 0.3) is 0 Å². The molecule has 0 aliphatic heterocycles. The van der Waals surface area contributed by atoms with Crippen molar-refractivity contribution in [2.75, 3.05) is 12.3 Å². The van der Waals surface area contributed by atoms with Gasteiger partial charge in [0, 0.05) is 5.38 Å². The Morgan fingerprint density at radius 1 is 1.33 bits per heavy atom. The summed E-state index contributed by atoms with van der Waals surface area (Å²) < 4.78 is 0. The van der Waals surface area contributed by atoms with E-state index in [0.717, 1.165) is 11.3 Å². The van der Waals surface area contributed by atoms with Crippen molar-refractivity contribution in [2.45, 2.75) is 0 Å². The zero-order valence-electron chi connectivity index (χ0n) is 13.4. The van der Waals surface area contributed by atoms with Crippen LogP contribution in [0.3, 0.4) is 0 Å². The normalized spacial score (nSPS) is 11.0. The van der Waals surface area contributed by atoms with E-state index in [-0.39, 0.29) is 34.7 Å². The molecule has 0 aliphatic rings. The molecule has 1 aromatic heterocycles. The molecule has 1 aromatic carbocycles. The SMILES string of the molecule is Cl.Nc1nc(/C(=N/OCC(=O)N/N=C/c2ccc(O)c(O)c2)C(=O)O)cs1. The molecule has 0 fully saturated rings. The van der Waals surface area contributed by atoms with Crippen molar-refractivity contribution in [3.8, 4) is 11.5 Å². The van der Waals surface area contributed by atoms with E-state index in [4.69, 9.17) is 15.7 Å². The van der Waals surface area contributed by atoms with E-state index in [0.29, 0.717) is 5.56 Å². The highest BCUT2D eigenvalue weighted by atomic mass is 35.5. The predicted octanol–water partition coefficient (Wildman–Crippen LogP) is 0.514. The molecule has 0 bridgehead atoms. The highest BCUT2D eigenvalue weighted by molar-refractivity contribution is 7.13. The largest absolute Gasteiger partial charge is 0.504 e. The van der Waals surface area contributed by atoms with Gasteiger partial charge in [0.2, 0.25) is 5.71 Å². The molecule has 0 saturated carbocycles. The maximum absolute atomic E-state index is 11.6. The molecule has 144 valence electrons. The zero-order valence-corrected chi connectivity index (χ0v) is 15.0. The Hall–Kier alpha value is -3.38. The maximum Gasteiger partial charge on any atom is 0.360 e. The minimum atomic E-state index is -1.39. The molecule has 0 atom stereocenters. The Balaban J connectivity index is 0.00000364. The molecule has 11 nitrogen and oxygen atoms in total. The minimum Gasteiger partial charge on any atom is -0.504 e. The minimum absolute atomic E-state index is 0. The van der Waals surface area contributed by atoms with Crippen molar-refractivity contribution in [2.24, 2.45) is 10.3 Å². The Labute approximate surface area is 162 Å². The number of hydrogen-bond acceptors (Lipinski definition) is 10. The number of amides is 1. The number of halogens is 1. The Morgan fingerprint density at radius 2 is 2.07 bits per heavy atom. The van der Waals surface area contributed by atoms with Crippen LogP contribution in [-0.2, 0) is 14.4 Å². The molecular weight excluding hydrogens is 402 g/mol. The first-order valence-corrected chi connectivity index (χ1v) is 7.73. The van der Waals surface area contributed by atoms with Crippen LogP contribution in [-0.4, -0.2) is 50.7 Å². The van der Waals surface area contributed by atoms with Gasteiger partial charge in [0.05, 0.1) is 6.21 Å². The van der Waals surface area contributed by atoms with E-state index in [1.54, 1.807) is 0 Å². The second kappa shape index (κ2) is 9.94. The number of anilines is 1. The average molecular weight is 416 g/mol. The van der Waals surface area contributed by atoms with Crippen molar-refractivity contribution in [3.05, 3.63) is 34.8 Å². The molecule has 27 heavy (non-hydrogen) atoms. The van der Waals surface area contributed by atoms with Gasteiger partial charge in [-0.1, -0.05) is 5.16 Å². The smallest absolute Gasteiger partial charge is 0.360 e. The van der Waals surface area contributed by atoms with Gasteiger partial charge in [-0.05, 0) is 23.8 Å². The summed E-state index contributed by atoms with van der Waals surface area (Å²) in [5.74, 6) is -2.70. The van der Waals surface area contributed by atoms with Gasteiger partial charge in [0.1, 0.15) is 5.69 Å². The topological polar surface area (TPSA) is 180 Å². The number of nitrogens with two attached hydrogens (primary N) is 1. The quantitative estimate of drug-likeness (QED) is 0.246. The number of aliphatic carboxylic acids is 1. The maximum atomic E-state index is 11.6. The average Bonchev–Trinajstić information content (AvgIpc) is 3.00. The summed E-state index contributed by atoms with van der Waals surface area (Å²) in [6, 6.07) is 3.96. The number of hydrazone groups is 1. The highest BCUT2D eigenvalue weighted by Gasteiger charge is 2.17. The first kappa shape index (κ1) is 21.7. The number of thiazole rings is 1. The van der Waals surface area contributed by atoms with Crippen LogP contribution in [0.15, 0.2) is 33.8 Å². The molecule has 0 radical (unpaired) electrons. The third-order valence-electron chi connectivity index (χ3n) is 2.72. The standard InChI is InChI=1S/C14H13N5O6S.ClH/c15-14-17-8(6-26-14)12(13(23)24)19-25-5-11(22)18-16-4-7-1-2-9(20)10(21)3-7;/h1-4,6,20-21H,5H2,(H2,15,17)(H,18,22)(H,23,24);1H/b16-4+,19-12-;. The van der Waals surface area contributed by atoms with Gasteiger partial charge in [-0.25, -0.2) is 15.2 Å². The van der Waals surface area contributed by atoms with E-state index in [9.17, 15) is 19.8 Å². The van der Waals surface area contributed by atoms with E-state index in [1.807, 2.05) is 0 Å². The van der Waals surface area contributed by atoms with Crippen molar-refractivity contribution in [3.63, 3.8) is 0 Å². The van der Waals surface area contributed by atoms with Crippen LogP contribution < -0.4 is 11.2 Å². The number of aromatic hydroxyl groups is 2. The summed E-state index contributed by atoms with van der Waals surface area (Å²) in [5, 5.41) is 36.1. The molecular formula is C14H14ClN5O6S. The second-order valence-electron chi connectivity index (χ2n) is 4.63. The molecule has 0 saturated heterocycles. The lowest BCUT2D eigenvalue weighted by atomic mass is 10.2. The van der Waals surface area contributed by atoms with Crippen LogP contribution >= 0.6 is 23.7 Å². The number of phenolic OH excluding ortho intramolecular Hbond substituents is 2. The summed E-state index contributed by atoms with van der Waals surface area (Å²) in [6.45, 7) is -0.589. The first-order valence-electron chi connectivity index (χ1n) is 6.85. The molecule has 6 N–H and O–H groups in total. The fraction of sp³-hybridized carbons (Fsp3) is 0.0714. The first-order chi connectivity index (χ1) is 12.4. The van der Waals surface area contributed by atoms with Crippen molar-refractivity contribution >= 4 is 52.7 Å². The number of carboxylic acids is 1. The molecule has 1 amide bonds. The number of phenols is 2. The highest BCUT2D eigenvalue weighted by Crippen LogP contribution is 2.23. The Morgan fingerprint density at radius 3 is 2.67 bits per heavy atom. The van der Waals surface area contributed by atoms with E-state index in [2.05, 4.69) is 20.7 Å².